The van der Waals surface area contributed by atoms with Crippen LogP contribution in [-0.4, -0.2) is 41.7 Å². The highest BCUT2D eigenvalue weighted by Crippen LogP contribution is 2.33. The molecule has 31 heavy (non-hydrogen) atoms. The van der Waals surface area contributed by atoms with Gasteiger partial charge in [-0.1, -0.05) is 0 Å². The van der Waals surface area contributed by atoms with Crippen LogP contribution in [0.3, 0.4) is 0 Å². The van der Waals surface area contributed by atoms with E-state index in [1.54, 1.807) is 6.07 Å². The Kier molecular flexibility index (Phi) is 8.18. The Morgan fingerprint density at radius 3 is 2.68 bits per heavy atom. The molecular formula is C20H20F2IN3O4S. The Labute approximate surface area is 194 Å². The van der Waals surface area contributed by atoms with Gasteiger partial charge in [0.05, 0.1) is 18.8 Å². The van der Waals surface area contributed by atoms with Crippen molar-refractivity contribution in [3.05, 3.63) is 47.8 Å². The van der Waals surface area contributed by atoms with Crippen LogP contribution in [0, 0.1) is 11.6 Å². The van der Waals surface area contributed by atoms with Crippen LogP contribution in [0.2, 0.25) is 0 Å². The molecule has 1 N–H and O–H groups in total. The summed E-state index contributed by atoms with van der Waals surface area (Å²) in [6, 6.07) is 4.22. The van der Waals surface area contributed by atoms with Crippen molar-refractivity contribution in [3.63, 3.8) is 0 Å². The van der Waals surface area contributed by atoms with Gasteiger partial charge < -0.3 is 19.5 Å². The van der Waals surface area contributed by atoms with E-state index < -0.39 is 11.6 Å². The van der Waals surface area contributed by atoms with E-state index in [0.717, 1.165) is 22.5 Å². The van der Waals surface area contributed by atoms with Gasteiger partial charge in [-0.2, -0.15) is 0 Å². The largest absolute Gasteiger partial charge is 0.488 e. The Morgan fingerprint density at radius 2 is 2.00 bits per heavy atom. The number of benzene rings is 1. The molecule has 1 aromatic carbocycles. The number of nitrogens with one attached hydrogen (secondary N) is 1. The molecule has 7 nitrogen and oxygen atoms in total. The average Bonchev–Trinajstić information content (AvgIpc) is 3.07. The number of hydrogen-bond acceptors (Lipinski definition) is 6. The maximum Gasteiger partial charge on any atom is 0.250 e. The number of carbonyl (C=O) groups is 1. The number of pyridine rings is 1. The quantitative estimate of drug-likeness (QED) is 0.293. The number of nitrogens with zero attached hydrogens (tertiary/aromatic N) is 2. The summed E-state index contributed by atoms with van der Waals surface area (Å²) in [4.78, 5) is 14.9. The first-order valence-electron chi connectivity index (χ1n) is 9.25. The first kappa shape index (κ1) is 23.4. The summed E-state index contributed by atoms with van der Waals surface area (Å²) in [6.45, 7) is 2.07. The van der Waals surface area contributed by atoms with E-state index in [1.165, 1.54) is 35.4 Å². The molecule has 0 aliphatic heterocycles. The van der Waals surface area contributed by atoms with Crippen LogP contribution >= 0.6 is 30.3 Å². The second-order valence-corrected chi connectivity index (χ2v) is 8.15. The van der Waals surface area contributed by atoms with Crippen molar-refractivity contribution in [2.45, 2.75) is 13.3 Å². The van der Waals surface area contributed by atoms with Crippen molar-refractivity contribution in [1.82, 2.24) is 14.3 Å². The molecule has 0 aliphatic carbocycles. The van der Waals surface area contributed by atoms with Gasteiger partial charge in [0.15, 0.2) is 17.4 Å². The van der Waals surface area contributed by atoms with Gasteiger partial charge in [-0.25, -0.2) is 13.8 Å². The van der Waals surface area contributed by atoms with Gasteiger partial charge in [0, 0.05) is 67.5 Å². The summed E-state index contributed by atoms with van der Waals surface area (Å²) in [5.41, 5.74) is 1.69. The molecule has 1 amide bonds. The monoisotopic (exact) mass is 563 g/mol. The summed E-state index contributed by atoms with van der Waals surface area (Å²) in [6.07, 6.45) is 3.85. The van der Waals surface area contributed by atoms with Crippen LogP contribution in [0.5, 0.6) is 17.4 Å². The van der Waals surface area contributed by atoms with Crippen LogP contribution < -0.4 is 19.5 Å². The molecule has 0 unspecified atom stereocenters. The molecule has 0 fully saturated rings. The number of fused-ring (bicyclic) bond motifs is 1. The fraction of sp³-hybridized carbons (Fsp3) is 0.300. The molecule has 0 saturated carbocycles. The molecule has 0 aliphatic rings. The standard InChI is InChI=1S/C20H20F2IN3O4S/c1-12(27)24-4-3-13-11-26(31-23)18-9-16(21)19(8-15(13)18)30-6-5-29-14-7-17(22)20(28-2)25-10-14/h7-11H,3-6H2,1-2H3,(H,24,27). The van der Waals surface area contributed by atoms with Gasteiger partial charge in [-0.15, -0.1) is 0 Å². The highest BCUT2D eigenvalue weighted by molar-refractivity contribution is 14.2. The van der Waals surface area contributed by atoms with Crippen LogP contribution in [-0.2, 0) is 11.2 Å². The molecule has 3 aromatic rings. The maximum atomic E-state index is 14.6. The zero-order chi connectivity index (χ0) is 22.4. The van der Waals surface area contributed by atoms with Gasteiger partial charge in [0.2, 0.25) is 11.8 Å². The number of carbonyl (C=O) groups excluding carboxylic acids is 1. The zero-order valence-electron chi connectivity index (χ0n) is 16.8. The first-order valence-corrected chi connectivity index (χ1v) is 12.6. The number of ether oxygens (including phenoxy) is 3. The fourth-order valence-corrected chi connectivity index (χ4v) is 4.32. The van der Waals surface area contributed by atoms with E-state index in [9.17, 15) is 13.6 Å². The number of methoxy groups -OCH3 is 1. The van der Waals surface area contributed by atoms with E-state index >= 15 is 0 Å². The molecule has 0 spiro atoms. The van der Waals surface area contributed by atoms with E-state index in [-0.39, 0.29) is 36.5 Å². The summed E-state index contributed by atoms with van der Waals surface area (Å²) in [5, 5.41) is 3.60. The number of aromatic nitrogens is 2. The summed E-state index contributed by atoms with van der Waals surface area (Å²) < 4.78 is 45.8. The van der Waals surface area contributed by atoms with Crippen molar-refractivity contribution in [3.8, 4) is 17.4 Å². The predicted molar refractivity (Wildman–Crippen MR) is 123 cm³/mol. The minimum absolute atomic E-state index is 0.0546. The van der Waals surface area contributed by atoms with E-state index in [1.807, 2.05) is 10.2 Å². The van der Waals surface area contributed by atoms with Crippen molar-refractivity contribution < 1.29 is 27.8 Å². The molecule has 0 atom stereocenters. The lowest BCUT2D eigenvalue weighted by molar-refractivity contribution is -0.118. The molecule has 0 saturated heterocycles. The lowest BCUT2D eigenvalue weighted by Gasteiger charge is -2.10. The van der Waals surface area contributed by atoms with Gasteiger partial charge in [-0.3, -0.25) is 8.77 Å². The Bertz CT molecular complexity index is 1080. The number of rotatable bonds is 10. The van der Waals surface area contributed by atoms with E-state index in [0.29, 0.717) is 13.0 Å². The molecule has 0 bridgehead atoms. The van der Waals surface area contributed by atoms with Gasteiger partial charge in [0.1, 0.15) is 19.0 Å². The smallest absolute Gasteiger partial charge is 0.250 e. The first-order chi connectivity index (χ1) is 14.9. The molecule has 2 aromatic heterocycles. The number of hydrogen-bond donors (Lipinski definition) is 1. The third kappa shape index (κ3) is 5.91. The lowest BCUT2D eigenvalue weighted by Crippen LogP contribution is -2.22. The van der Waals surface area contributed by atoms with Gasteiger partial charge in [-0.05, 0) is 18.1 Å². The Morgan fingerprint density at radius 1 is 1.23 bits per heavy atom. The minimum Gasteiger partial charge on any atom is -0.488 e. The topological polar surface area (TPSA) is 74.6 Å². The van der Waals surface area contributed by atoms with Crippen molar-refractivity contribution in [2.75, 3.05) is 26.9 Å². The normalized spacial score (nSPS) is 10.9. The second-order valence-electron chi connectivity index (χ2n) is 6.44. The van der Waals surface area contributed by atoms with Crippen LogP contribution in [0.1, 0.15) is 12.5 Å². The van der Waals surface area contributed by atoms with E-state index in [4.69, 9.17) is 14.2 Å². The Balaban J connectivity index is 1.67. The highest BCUT2D eigenvalue weighted by Gasteiger charge is 2.14. The summed E-state index contributed by atoms with van der Waals surface area (Å²) >= 11 is 2.12. The molecule has 166 valence electrons. The summed E-state index contributed by atoms with van der Waals surface area (Å²) in [7, 11) is 2.75. The fourth-order valence-electron chi connectivity index (χ4n) is 2.95. The molecule has 3 rings (SSSR count). The third-order valence-electron chi connectivity index (χ3n) is 4.33. The van der Waals surface area contributed by atoms with Crippen molar-refractivity contribution in [2.24, 2.45) is 0 Å². The van der Waals surface area contributed by atoms with Crippen molar-refractivity contribution in [1.29, 1.82) is 0 Å². The van der Waals surface area contributed by atoms with Gasteiger partial charge in [0.25, 0.3) is 0 Å². The average molecular weight is 563 g/mol. The summed E-state index contributed by atoms with van der Waals surface area (Å²) in [5.74, 6) is -1.05. The Hall–Kier alpha value is -2.28. The van der Waals surface area contributed by atoms with Crippen LogP contribution in [0.15, 0.2) is 30.6 Å². The molecule has 0 radical (unpaired) electrons. The second kappa shape index (κ2) is 10.8. The maximum absolute atomic E-state index is 14.6. The molecule has 11 heteroatoms. The molecule has 2 heterocycles. The van der Waals surface area contributed by atoms with Gasteiger partial charge >= 0.3 is 0 Å². The highest BCUT2D eigenvalue weighted by atomic mass is 127. The minimum atomic E-state index is -0.637. The SMILES string of the molecule is COc1ncc(OCCOc2cc3c(CCNC(C)=O)cn(SI)c3cc2F)cc1F. The van der Waals surface area contributed by atoms with E-state index in [2.05, 4.69) is 31.5 Å². The lowest BCUT2D eigenvalue weighted by atomic mass is 10.1. The predicted octanol–water partition coefficient (Wildman–Crippen LogP) is 4.31. The third-order valence-corrected chi connectivity index (χ3v) is 6.06. The van der Waals surface area contributed by atoms with Crippen molar-refractivity contribution >= 4 is 47.1 Å². The van der Waals surface area contributed by atoms with Crippen LogP contribution in [0.25, 0.3) is 10.9 Å². The number of halogens is 3. The molecular weight excluding hydrogens is 543 g/mol. The number of amides is 1. The van der Waals surface area contributed by atoms with Crippen LogP contribution in [0.4, 0.5) is 8.78 Å². The zero-order valence-corrected chi connectivity index (χ0v) is 19.8.